The average Bonchev–Trinajstić information content (AvgIpc) is 2.87. The predicted molar refractivity (Wildman–Crippen MR) is 67.7 cm³/mol. The van der Waals surface area contributed by atoms with Gasteiger partial charge in [-0.25, -0.2) is 0 Å². The first-order valence-electron chi connectivity index (χ1n) is 5.68. The Kier molecular flexibility index (Phi) is 2.67. The van der Waals surface area contributed by atoms with E-state index in [0.717, 1.165) is 26.1 Å². The second-order valence-corrected chi connectivity index (χ2v) is 5.35. The van der Waals surface area contributed by atoms with Crippen molar-refractivity contribution in [3.63, 3.8) is 0 Å². The molecule has 3 rings (SSSR count). The highest BCUT2D eigenvalue weighted by molar-refractivity contribution is 7.17. The molecule has 0 bridgehead atoms. The summed E-state index contributed by atoms with van der Waals surface area (Å²) in [6, 6.07) is 8.54. The molecule has 84 valence electrons. The molecule has 2 heterocycles. The van der Waals surface area contributed by atoms with Gasteiger partial charge >= 0.3 is 0 Å². The van der Waals surface area contributed by atoms with Crippen molar-refractivity contribution in [3.8, 4) is 0 Å². The van der Waals surface area contributed by atoms with Gasteiger partial charge in [0.1, 0.15) is 0 Å². The summed E-state index contributed by atoms with van der Waals surface area (Å²) in [6.07, 6.45) is 0.798. The molecule has 1 atom stereocenters. The Bertz CT molecular complexity index is 493. The number of aliphatic hydroxyl groups is 1. The van der Waals surface area contributed by atoms with Gasteiger partial charge in [0.15, 0.2) is 0 Å². The lowest BCUT2D eigenvalue weighted by Crippen LogP contribution is -2.21. The van der Waals surface area contributed by atoms with E-state index in [1.165, 1.54) is 15.6 Å². The third-order valence-electron chi connectivity index (χ3n) is 3.20. The Morgan fingerprint density at radius 3 is 3.06 bits per heavy atom. The molecule has 1 N–H and O–H groups in total. The first kappa shape index (κ1) is 10.3. The van der Waals surface area contributed by atoms with Crippen LogP contribution >= 0.6 is 11.3 Å². The van der Waals surface area contributed by atoms with Crippen LogP contribution in [0.4, 0.5) is 0 Å². The van der Waals surface area contributed by atoms with Gasteiger partial charge in [-0.3, -0.25) is 4.90 Å². The second kappa shape index (κ2) is 4.17. The molecule has 0 saturated carbocycles. The van der Waals surface area contributed by atoms with Crippen LogP contribution in [0.2, 0.25) is 0 Å². The van der Waals surface area contributed by atoms with Gasteiger partial charge in [0.2, 0.25) is 0 Å². The minimum atomic E-state index is -0.120. The maximum Gasteiger partial charge on any atom is 0.0679 e. The topological polar surface area (TPSA) is 23.5 Å². The molecule has 0 amide bonds. The number of fused-ring (bicyclic) bond motifs is 1. The molecular weight excluding hydrogens is 218 g/mol. The van der Waals surface area contributed by atoms with Crippen LogP contribution in [0.1, 0.15) is 12.0 Å². The summed E-state index contributed by atoms with van der Waals surface area (Å²) in [4.78, 5) is 2.33. The molecule has 0 spiro atoms. The van der Waals surface area contributed by atoms with Crippen molar-refractivity contribution < 1.29 is 5.11 Å². The molecule has 1 aliphatic heterocycles. The zero-order valence-corrected chi connectivity index (χ0v) is 9.91. The van der Waals surface area contributed by atoms with Crippen molar-refractivity contribution in [1.29, 1.82) is 0 Å². The van der Waals surface area contributed by atoms with Gasteiger partial charge in [-0.05, 0) is 28.8 Å². The van der Waals surface area contributed by atoms with Crippen LogP contribution in [0.3, 0.4) is 0 Å². The van der Waals surface area contributed by atoms with Crippen LogP contribution in [0, 0.1) is 0 Å². The van der Waals surface area contributed by atoms with Gasteiger partial charge in [0.05, 0.1) is 6.10 Å². The third-order valence-corrected chi connectivity index (χ3v) is 4.21. The summed E-state index contributed by atoms with van der Waals surface area (Å²) in [5.74, 6) is 0. The fraction of sp³-hybridized carbons (Fsp3) is 0.385. The van der Waals surface area contributed by atoms with E-state index in [9.17, 15) is 5.11 Å². The van der Waals surface area contributed by atoms with Gasteiger partial charge in [-0.1, -0.05) is 18.2 Å². The minimum absolute atomic E-state index is 0.120. The van der Waals surface area contributed by atoms with Crippen LogP contribution in [0.25, 0.3) is 10.1 Å². The van der Waals surface area contributed by atoms with E-state index in [-0.39, 0.29) is 6.10 Å². The highest BCUT2D eigenvalue weighted by Crippen LogP contribution is 2.27. The van der Waals surface area contributed by atoms with Crippen molar-refractivity contribution in [2.45, 2.75) is 19.1 Å². The quantitative estimate of drug-likeness (QED) is 0.861. The Labute approximate surface area is 99.1 Å². The molecular formula is C13H15NOS. The number of nitrogens with zero attached hydrogens (tertiary/aromatic N) is 1. The standard InChI is InChI=1S/C13H15NOS/c15-11-5-6-14(8-11)7-10-9-16-13-4-2-1-3-12(10)13/h1-4,9,11,15H,5-8H2. The average molecular weight is 233 g/mol. The van der Waals surface area contributed by atoms with Crippen LogP contribution in [-0.2, 0) is 6.54 Å². The minimum Gasteiger partial charge on any atom is -0.392 e. The summed E-state index contributed by atoms with van der Waals surface area (Å²) in [6.45, 7) is 2.82. The zero-order chi connectivity index (χ0) is 11.0. The first-order chi connectivity index (χ1) is 7.83. The summed E-state index contributed by atoms with van der Waals surface area (Å²) >= 11 is 1.81. The lowest BCUT2D eigenvalue weighted by Gasteiger charge is -2.13. The molecule has 0 radical (unpaired) electrons. The van der Waals surface area contributed by atoms with Gasteiger partial charge < -0.3 is 5.11 Å². The smallest absolute Gasteiger partial charge is 0.0679 e. The monoisotopic (exact) mass is 233 g/mol. The number of thiophene rings is 1. The number of hydrogen-bond acceptors (Lipinski definition) is 3. The SMILES string of the molecule is OC1CCN(Cc2csc3ccccc23)C1. The summed E-state index contributed by atoms with van der Waals surface area (Å²) in [5, 5.41) is 13.1. The van der Waals surface area contributed by atoms with E-state index in [1.54, 1.807) is 0 Å². The molecule has 1 aromatic heterocycles. The van der Waals surface area contributed by atoms with E-state index in [0.29, 0.717) is 0 Å². The van der Waals surface area contributed by atoms with Gasteiger partial charge in [0, 0.05) is 24.3 Å². The predicted octanol–water partition coefficient (Wildman–Crippen LogP) is 2.47. The second-order valence-electron chi connectivity index (χ2n) is 4.43. The third kappa shape index (κ3) is 1.86. The van der Waals surface area contributed by atoms with Gasteiger partial charge in [0.25, 0.3) is 0 Å². The van der Waals surface area contributed by atoms with Crippen molar-refractivity contribution in [2.24, 2.45) is 0 Å². The zero-order valence-electron chi connectivity index (χ0n) is 9.10. The number of rotatable bonds is 2. The summed E-state index contributed by atoms with van der Waals surface area (Å²) in [5.41, 5.74) is 1.40. The summed E-state index contributed by atoms with van der Waals surface area (Å²) < 4.78 is 1.36. The normalized spacial score (nSPS) is 21.9. The molecule has 1 fully saturated rings. The highest BCUT2D eigenvalue weighted by Gasteiger charge is 2.20. The molecule has 2 aromatic rings. The van der Waals surface area contributed by atoms with Crippen molar-refractivity contribution >= 4 is 21.4 Å². The number of benzene rings is 1. The van der Waals surface area contributed by atoms with Crippen LogP contribution in [0.15, 0.2) is 29.6 Å². The largest absolute Gasteiger partial charge is 0.392 e. The molecule has 1 unspecified atom stereocenters. The Morgan fingerprint density at radius 1 is 1.38 bits per heavy atom. The Hall–Kier alpha value is -0.900. The Balaban J connectivity index is 1.84. The van der Waals surface area contributed by atoms with E-state index in [4.69, 9.17) is 0 Å². The highest BCUT2D eigenvalue weighted by atomic mass is 32.1. The van der Waals surface area contributed by atoms with E-state index in [2.05, 4.69) is 34.5 Å². The number of β-amino-alcohol motifs (C(OH)–C–C–N with tert-alkyl or cyclic N) is 1. The molecule has 1 aromatic carbocycles. The van der Waals surface area contributed by atoms with Crippen molar-refractivity contribution in [1.82, 2.24) is 4.90 Å². The maximum atomic E-state index is 9.50. The first-order valence-corrected chi connectivity index (χ1v) is 6.56. The molecule has 2 nitrogen and oxygen atoms in total. The number of aliphatic hydroxyl groups excluding tert-OH is 1. The number of likely N-dealkylation sites (tertiary alicyclic amines) is 1. The molecule has 0 aliphatic carbocycles. The van der Waals surface area contributed by atoms with Crippen LogP contribution in [-0.4, -0.2) is 29.2 Å². The summed E-state index contributed by atoms with van der Waals surface area (Å²) in [7, 11) is 0. The fourth-order valence-corrected chi connectivity index (χ4v) is 3.31. The molecule has 1 aliphatic rings. The van der Waals surface area contributed by atoms with Gasteiger partial charge in [-0.15, -0.1) is 11.3 Å². The van der Waals surface area contributed by atoms with Gasteiger partial charge in [-0.2, -0.15) is 0 Å². The number of hydrogen-bond donors (Lipinski definition) is 1. The van der Waals surface area contributed by atoms with Crippen molar-refractivity contribution in [3.05, 3.63) is 35.2 Å². The van der Waals surface area contributed by atoms with E-state index >= 15 is 0 Å². The Morgan fingerprint density at radius 2 is 2.25 bits per heavy atom. The molecule has 16 heavy (non-hydrogen) atoms. The van der Waals surface area contributed by atoms with E-state index in [1.807, 2.05) is 11.3 Å². The molecule has 3 heteroatoms. The van der Waals surface area contributed by atoms with Crippen LogP contribution < -0.4 is 0 Å². The lowest BCUT2D eigenvalue weighted by molar-refractivity contribution is 0.175. The fourth-order valence-electron chi connectivity index (χ4n) is 2.35. The maximum absolute atomic E-state index is 9.50. The molecule has 1 saturated heterocycles. The van der Waals surface area contributed by atoms with E-state index < -0.39 is 0 Å². The van der Waals surface area contributed by atoms with Crippen molar-refractivity contribution in [2.75, 3.05) is 13.1 Å². The van der Waals surface area contributed by atoms with Crippen LogP contribution in [0.5, 0.6) is 0 Å². The lowest BCUT2D eigenvalue weighted by atomic mass is 10.2.